The molecule has 0 radical (unpaired) electrons. The van der Waals surface area contributed by atoms with E-state index in [1.807, 2.05) is 13.8 Å². The normalized spacial score (nSPS) is 13.8. The third kappa shape index (κ3) is 3.33. The van der Waals surface area contributed by atoms with Crippen molar-refractivity contribution in [3.05, 3.63) is 22.0 Å². The lowest BCUT2D eigenvalue weighted by Crippen LogP contribution is -2.39. The Hall–Kier alpha value is -2.22. The Morgan fingerprint density at radius 3 is 2.58 bits per heavy atom. The zero-order valence-corrected chi connectivity index (χ0v) is 15.0. The highest BCUT2D eigenvalue weighted by molar-refractivity contribution is 7.17. The summed E-state index contributed by atoms with van der Waals surface area (Å²) in [4.78, 5) is 30.9. The largest absolute Gasteiger partial charge is 0.361 e. The van der Waals surface area contributed by atoms with Gasteiger partial charge in [0.05, 0.1) is 23.5 Å². The lowest BCUT2D eigenvalue weighted by molar-refractivity contribution is -0.121. The molecule has 2 aromatic heterocycles. The predicted octanol–water partition coefficient (Wildman–Crippen LogP) is 2.07. The van der Waals surface area contributed by atoms with Crippen LogP contribution in [0.1, 0.15) is 39.7 Å². The van der Waals surface area contributed by atoms with Gasteiger partial charge in [0.25, 0.3) is 5.91 Å². The van der Waals surface area contributed by atoms with E-state index in [0.717, 1.165) is 24.1 Å². The molecule has 128 valence electrons. The van der Waals surface area contributed by atoms with Crippen LogP contribution in [-0.4, -0.2) is 46.5 Å². The first-order valence-corrected chi connectivity index (χ1v) is 8.64. The van der Waals surface area contributed by atoms with Crippen molar-refractivity contribution in [2.75, 3.05) is 13.6 Å². The van der Waals surface area contributed by atoms with E-state index in [2.05, 4.69) is 15.5 Å². The third-order valence-corrected chi connectivity index (χ3v) is 5.07. The molecule has 1 N–H and O–H groups in total. The van der Waals surface area contributed by atoms with Crippen LogP contribution in [0.4, 0.5) is 0 Å². The summed E-state index contributed by atoms with van der Waals surface area (Å²) >= 11 is 1.30. The summed E-state index contributed by atoms with van der Waals surface area (Å²) in [5, 5.41) is 7.52. The van der Waals surface area contributed by atoms with Gasteiger partial charge in [0, 0.05) is 13.1 Å². The molecule has 2 amide bonds. The maximum absolute atomic E-state index is 12.6. The molecule has 0 unspecified atom stereocenters. The Morgan fingerprint density at radius 1 is 1.29 bits per heavy atom. The number of aryl methyl sites for hydroxylation is 3. The van der Waals surface area contributed by atoms with E-state index < -0.39 is 0 Å². The lowest BCUT2D eigenvalue weighted by atomic mass is 10.2. The van der Waals surface area contributed by atoms with Crippen LogP contribution in [0.5, 0.6) is 0 Å². The van der Waals surface area contributed by atoms with E-state index in [4.69, 9.17) is 4.52 Å². The number of nitrogens with zero attached hydrogens (tertiary/aromatic N) is 3. The van der Waals surface area contributed by atoms with Gasteiger partial charge in [-0.05, 0) is 33.6 Å². The lowest BCUT2D eigenvalue weighted by Gasteiger charge is -2.16. The second-order valence-electron chi connectivity index (χ2n) is 6.14. The molecule has 0 saturated heterocycles. The molecule has 0 spiro atoms. The number of hydrogen-bond donors (Lipinski definition) is 1. The molecule has 8 heteroatoms. The van der Waals surface area contributed by atoms with Gasteiger partial charge in [0.15, 0.2) is 0 Å². The van der Waals surface area contributed by atoms with Crippen LogP contribution in [0.2, 0.25) is 0 Å². The average molecular weight is 348 g/mol. The highest BCUT2D eigenvalue weighted by Gasteiger charge is 2.26. The number of carbonyl (C=O) groups excluding carboxylic acids is 2. The minimum atomic E-state index is -0.200. The maximum Gasteiger partial charge on any atom is 0.266 e. The topological polar surface area (TPSA) is 88.3 Å². The summed E-state index contributed by atoms with van der Waals surface area (Å²) in [5.41, 5.74) is 2.23. The van der Waals surface area contributed by atoms with Crippen molar-refractivity contribution in [3.8, 4) is 10.6 Å². The van der Waals surface area contributed by atoms with Crippen molar-refractivity contribution in [2.24, 2.45) is 0 Å². The van der Waals surface area contributed by atoms with Gasteiger partial charge >= 0.3 is 0 Å². The number of nitrogens with one attached hydrogen (secondary N) is 1. The predicted molar refractivity (Wildman–Crippen MR) is 89.9 cm³/mol. The average Bonchev–Trinajstić information content (AvgIpc) is 3.15. The summed E-state index contributed by atoms with van der Waals surface area (Å²) < 4.78 is 5.17. The Kier molecular flexibility index (Phi) is 4.40. The van der Waals surface area contributed by atoms with Gasteiger partial charge in [-0.1, -0.05) is 5.16 Å². The SMILES string of the molecule is Cc1nc(-c2c(C)noc2C)sc1C(=O)N(C)CC(=O)NC1CC1. The first-order chi connectivity index (χ1) is 11.4. The highest BCUT2D eigenvalue weighted by atomic mass is 32.1. The van der Waals surface area contributed by atoms with E-state index in [9.17, 15) is 9.59 Å². The monoisotopic (exact) mass is 348 g/mol. The number of likely N-dealkylation sites (N-methyl/N-ethyl adjacent to an activating group) is 1. The second-order valence-corrected chi connectivity index (χ2v) is 7.13. The number of amides is 2. The number of carbonyl (C=O) groups is 2. The number of rotatable bonds is 5. The molecule has 1 aliphatic carbocycles. The standard InChI is InChI=1S/C16H20N4O3S/c1-8-13(10(3)23-19-8)15-17-9(2)14(24-15)16(22)20(4)7-12(21)18-11-5-6-11/h11H,5-7H2,1-4H3,(H,18,21). The molecule has 0 aromatic carbocycles. The van der Waals surface area contributed by atoms with Gasteiger partial charge in [0.1, 0.15) is 15.6 Å². The minimum Gasteiger partial charge on any atom is -0.361 e. The Balaban J connectivity index is 1.76. The Labute approximate surface area is 144 Å². The van der Waals surface area contributed by atoms with Gasteiger partial charge in [-0.15, -0.1) is 11.3 Å². The molecule has 0 aliphatic heterocycles. The molecule has 1 aliphatic rings. The van der Waals surface area contributed by atoms with Crippen LogP contribution in [0.3, 0.4) is 0 Å². The van der Waals surface area contributed by atoms with Crippen LogP contribution in [0.15, 0.2) is 4.52 Å². The summed E-state index contributed by atoms with van der Waals surface area (Å²) in [6.45, 7) is 5.51. The Bertz CT molecular complexity index is 772. The second kappa shape index (κ2) is 6.35. The fourth-order valence-corrected chi connectivity index (χ4v) is 3.66. The molecule has 7 nitrogen and oxygen atoms in total. The van der Waals surface area contributed by atoms with Gasteiger partial charge < -0.3 is 14.7 Å². The molecule has 2 aromatic rings. The smallest absolute Gasteiger partial charge is 0.266 e. The molecule has 1 fully saturated rings. The summed E-state index contributed by atoms with van der Waals surface area (Å²) in [6.07, 6.45) is 2.05. The summed E-state index contributed by atoms with van der Waals surface area (Å²) in [5.74, 6) is 0.354. The van der Waals surface area contributed by atoms with E-state index in [1.165, 1.54) is 16.2 Å². The summed E-state index contributed by atoms with van der Waals surface area (Å²) in [6, 6.07) is 0.289. The first kappa shape index (κ1) is 16.6. The van der Waals surface area contributed by atoms with Gasteiger partial charge in [-0.25, -0.2) is 4.98 Å². The van der Waals surface area contributed by atoms with Crippen molar-refractivity contribution < 1.29 is 14.1 Å². The first-order valence-electron chi connectivity index (χ1n) is 7.82. The summed E-state index contributed by atoms with van der Waals surface area (Å²) in [7, 11) is 1.63. The van der Waals surface area contributed by atoms with E-state index >= 15 is 0 Å². The molecule has 3 rings (SSSR count). The fraction of sp³-hybridized carbons (Fsp3) is 0.500. The van der Waals surface area contributed by atoms with Gasteiger partial charge in [0.2, 0.25) is 5.91 Å². The fourth-order valence-electron chi connectivity index (χ4n) is 2.45. The zero-order chi connectivity index (χ0) is 17.4. The van der Waals surface area contributed by atoms with E-state index in [0.29, 0.717) is 21.3 Å². The Morgan fingerprint density at radius 2 is 2.00 bits per heavy atom. The number of thiazole rings is 1. The van der Waals surface area contributed by atoms with Crippen LogP contribution in [-0.2, 0) is 4.79 Å². The molecular weight excluding hydrogens is 328 g/mol. The minimum absolute atomic E-state index is 0.0489. The molecule has 0 atom stereocenters. The van der Waals surface area contributed by atoms with Crippen molar-refractivity contribution in [1.29, 1.82) is 0 Å². The van der Waals surface area contributed by atoms with Crippen molar-refractivity contribution >= 4 is 23.2 Å². The molecule has 1 saturated carbocycles. The quantitative estimate of drug-likeness (QED) is 0.894. The van der Waals surface area contributed by atoms with Gasteiger partial charge in [-0.2, -0.15) is 0 Å². The third-order valence-electron chi connectivity index (χ3n) is 3.91. The molecule has 0 bridgehead atoms. The highest BCUT2D eigenvalue weighted by Crippen LogP contribution is 2.32. The van der Waals surface area contributed by atoms with E-state index in [-0.39, 0.29) is 24.4 Å². The molecule has 24 heavy (non-hydrogen) atoms. The van der Waals surface area contributed by atoms with E-state index in [1.54, 1.807) is 14.0 Å². The number of hydrogen-bond acceptors (Lipinski definition) is 6. The van der Waals surface area contributed by atoms with Crippen molar-refractivity contribution in [3.63, 3.8) is 0 Å². The molecular formula is C16H20N4O3S. The van der Waals surface area contributed by atoms with Crippen LogP contribution in [0, 0.1) is 20.8 Å². The van der Waals surface area contributed by atoms with Crippen LogP contribution >= 0.6 is 11.3 Å². The van der Waals surface area contributed by atoms with Crippen molar-refractivity contribution in [1.82, 2.24) is 20.4 Å². The van der Waals surface area contributed by atoms with Crippen LogP contribution in [0.25, 0.3) is 10.6 Å². The number of aromatic nitrogens is 2. The van der Waals surface area contributed by atoms with Gasteiger partial charge in [-0.3, -0.25) is 9.59 Å². The van der Waals surface area contributed by atoms with Crippen molar-refractivity contribution in [2.45, 2.75) is 39.7 Å². The van der Waals surface area contributed by atoms with Crippen LogP contribution < -0.4 is 5.32 Å². The zero-order valence-electron chi connectivity index (χ0n) is 14.2. The maximum atomic E-state index is 12.6. The molecule has 2 heterocycles.